The first-order valence-electron chi connectivity index (χ1n) is 5.87. The molecule has 1 heterocycles. The molecule has 0 atom stereocenters. The molecular weight excluding hydrogens is 241 g/mol. The van der Waals surface area contributed by atoms with Gasteiger partial charge in [0.05, 0.1) is 5.56 Å². The third-order valence-electron chi connectivity index (χ3n) is 4.41. The highest BCUT2D eigenvalue weighted by Crippen LogP contribution is 2.63. The molecular formula is C13H17F3N2. The Morgan fingerprint density at radius 3 is 2.17 bits per heavy atom. The molecule has 0 aromatic carbocycles. The lowest BCUT2D eigenvalue weighted by Gasteiger charge is -2.14. The second-order valence-corrected chi connectivity index (χ2v) is 5.92. The Kier molecular flexibility index (Phi) is 2.65. The van der Waals surface area contributed by atoms with Gasteiger partial charge >= 0.3 is 6.18 Å². The van der Waals surface area contributed by atoms with E-state index in [0.29, 0.717) is 0 Å². The predicted octanol–water partition coefficient (Wildman–Crippen LogP) is 3.95. The number of halogens is 3. The fraction of sp³-hybridized carbons (Fsp3) is 0.615. The van der Waals surface area contributed by atoms with E-state index in [9.17, 15) is 13.2 Å². The van der Waals surface area contributed by atoms with Gasteiger partial charge in [0.15, 0.2) is 0 Å². The number of aromatic nitrogens is 1. The van der Waals surface area contributed by atoms with Gasteiger partial charge in [-0.2, -0.15) is 13.2 Å². The Hall–Kier alpha value is -1.26. The average molecular weight is 258 g/mol. The zero-order valence-electron chi connectivity index (χ0n) is 10.9. The maximum atomic E-state index is 12.8. The lowest BCUT2D eigenvalue weighted by molar-refractivity contribution is -0.137. The van der Waals surface area contributed by atoms with E-state index in [2.05, 4.69) is 10.3 Å². The zero-order valence-corrected chi connectivity index (χ0v) is 10.9. The number of nitrogens with zero attached hydrogens (tertiary/aromatic N) is 1. The number of nitrogens with one attached hydrogen (secondary N) is 1. The summed E-state index contributed by atoms with van der Waals surface area (Å²) < 4.78 is 38.5. The average Bonchev–Trinajstić information content (AvgIpc) is 2.60. The first-order chi connectivity index (χ1) is 8.08. The summed E-state index contributed by atoms with van der Waals surface area (Å²) >= 11 is 0. The fourth-order valence-electron chi connectivity index (χ4n) is 2.44. The van der Waals surface area contributed by atoms with Crippen molar-refractivity contribution in [3.63, 3.8) is 0 Å². The summed E-state index contributed by atoms with van der Waals surface area (Å²) in [6.45, 7) is 8.17. The molecule has 1 N–H and O–H groups in total. The van der Waals surface area contributed by atoms with Gasteiger partial charge in [0, 0.05) is 12.2 Å². The van der Waals surface area contributed by atoms with Crippen molar-refractivity contribution in [2.24, 2.45) is 10.8 Å². The number of rotatable bonds is 2. The second-order valence-electron chi connectivity index (χ2n) is 5.92. The van der Waals surface area contributed by atoms with Crippen LogP contribution in [0.1, 0.15) is 33.3 Å². The lowest BCUT2D eigenvalue weighted by atomic mass is 10.0. The van der Waals surface area contributed by atoms with E-state index in [-0.39, 0.29) is 22.7 Å². The number of anilines is 1. The van der Waals surface area contributed by atoms with E-state index < -0.39 is 11.7 Å². The standard InChI is InChI=1S/C13H17F3N2/c1-11(2)10(12(11,3)4)18-9-8(13(14,15)16)6-5-7-17-9/h5-7,10H,1-4H3,(H,17,18). The van der Waals surface area contributed by atoms with E-state index in [1.54, 1.807) is 0 Å². The van der Waals surface area contributed by atoms with Crippen molar-refractivity contribution in [2.75, 3.05) is 5.32 Å². The first kappa shape index (κ1) is 13.2. The van der Waals surface area contributed by atoms with Crippen molar-refractivity contribution in [3.05, 3.63) is 23.9 Å². The smallest absolute Gasteiger partial charge is 0.366 e. The second kappa shape index (κ2) is 3.62. The van der Waals surface area contributed by atoms with E-state index in [1.807, 2.05) is 27.7 Å². The lowest BCUT2D eigenvalue weighted by Crippen LogP contribution is -2.16. The number of alkyl halides is 3. The summed E-state index contributed by atoms with van der Waals surface area (Å²) in [6.07, 6.45) is -3.00. The van der Waals surface area contributed by atoms with Crippen molar-refractivity contribution in [2.45, 2.75) is 39.9 Å². The minimum atomic E-state index is -4.38. The highest BCUT2D eigenvalue weighted by molar-refractivity contribution is 5.49. The van der Waals surface area contributed by atoms with Crippen molar-refractivity contribution in [1.29, 1.82) is 0 Å². The van der Waals surface area contributed by atoms with E-state index in [0.717, 1.165) is 6.07 Å². The molecule has 0 bridgehead atoms. The summed E-state index contributed by atoms with van der Waals surface area (Å²) in [4.78, 5) is 3.83. The Morgan fingerprint density at radius 1 is 1.17 bits per heavy atom. The van der Waals surface area contributed by atoms with Gasteiger partial charge in [0.25, 0.3) is 0 Å². The van der Waals surface area contributed by atoms with Crippen LogP contribution in [-0.2, 0) is 6.18 Å². The van der Waals surface area contributed by atoms with Crippen molar-refractivity contribution in [1.82, 2.24) is 4.98 Å². The Morgan fingerprint density at radius 2 is 1.72 bits per heavy atom. The number of pyridine rings is 1. The zero-order chi connectivity index (χ0) is 13.8. The Labute approximate surface area is 105 Å². The molecule has 1 saturated carbocycles. The monoisotopic (exact) mass is 258 g/mol. The van der Waals surface area contributed by atoms with Crippen LogP contribution in [0.3, 0.4) is 0 Å². The number of hydrogen-bond donors (Lipinski definition) is 1. The largest absolute Gasteiger partial charge is 0.419 e. The van der Waals surface area contributed by atoms with Crippen LogP contribution >= 0.6 is 0 Å². The van der Waals surface area contributed by atoms with E-state index in [1.165, 1.54) is 12.3 Å². The molecule has 0 unspecified atom stereocenters. The maximum absolute atomic E-state index is 12.8. The molecule has 0 radical (unpaired) electrons. The van der Waals surface area contributed by atoms with Gasteiger partial charge in [-0.25, -0.2) is 4.98 Å². The first-order valence-corrected chi connectivity index (χ1v) is 5.87. The maximum Gasteiger partial charge on any atom is 0.419 e. The van der Waals surface area contributed by atoms with E-state index >= 15 is 0 Å². The van der Waals surface area contributed by atoms with Gasteiger partial charge in [-0.1, -0.05) is 27.7 Å². The molecule has 1 fully saturated rings. The normalized spacial score (nSPS) is 21.7. The number of hydrogen-bond acceptors (Lipinski definition) is 2. The molecule has 1 aliphatic carbocycles. The van der Waals surface area contributed by atoms with Crippen LogP contribution in [0.15, 0.2) is 18.3 Å². The van der Waals surface area contributed by atoms with Crippen LogP contribution in [-0.4, -0.2) is 11.0 Å². The Bertz CT molecular complexity index is 450. The highest BCUT2D eigenvalue weighted by atomic mass is 19.4. The van der Waals surface area contributed by atoms with Gasteiger partial charge in [-0.3, -0.25) is 0 Å². The van der Waals surface area contributed by atoms with Crippen LogP contribution in [0.25, 0.3) is 0 Å². The van der Waals surface area contributed by atoms with Crippen LogP contribution in [0.2, 0.25) is 0 Å². The predicted molar refractivity (Wildman–Crippen MR) is 64.2 cm³/mol. The SMILES string of the molecule is CC1(C)C(Nc2ncccc2C(F)(F)F)C1(C)C. The molecule has 100 valence electrons. The molecule has 1 aromatic rings. The summed E-state index contributed by atoms with van der Waals surface area (Å²) in [5, 5.41) is 2.94. The molecule has 5 heteroatoms. The van der Waals surface area contributed by atoms with Crippen LogP contribution in [0.4, 0.5) is 19.0 Å². The third kappa shape index (κ3) is 1.85. The molecule has 0 spiro atoms. The van der Waals surface area contributed by atoms with Crippen molar-refractivity contribution < 1.29 is 13.2 Å². The van der Waals surface area contributed by atoms with Gasteiger partial charge in [0.2, 0.25) is 0 Å². The summed E-state index contributed by atoms with van der Waals surface area (Å²) in [5.41, 5.74) is -0.774. The molecule has 18 heavy (non-hydrogen) atoms. The van der Waals surface area contributed by atoms with Crippen molar-refractivity contribution in [3.8, 4) is 0 Å². The molecule has 0 aliphatic heterocycles. The summed E-state index contributed by atoms with van der Waals surface area (Å²) in [7, 11) is 0. The van der Waals surface area contributed by atoms with Crippen LogP contribution in [0.5, 0.6) is 0 Å². The minimum Gasteiger partial charge on any atom is -0.366 e. The minimum absolute atomic E-state index is 0.000926. The quantitative estimate of drug-likeness (QED) is 0.868. The molecule has 2 nitrogen and oxygen atoms in total. The fourth-order valence-corrected chi connectivity index (χ4v) is 2.44. The topological polar surface area (TPSA) is 24.9 Å². The van der Waals surface area contributed by atoms with E-state index in [4.69, 9.17) is 0 Å². The third-order valence-corrected chi connectivity index (χ3v) is 4.41. The van der Waals surface area contributed by atoms with Crippen LogP contribution < -0.4 is 5.32 Å². The Balaban J connectivity index is 2.27. The van der Waals surface area contributed by atoms with Gasteiger partial charge < -0.3 is 5.32 Å². The van der Waals surface area contributed by atoms with Crippen molar-refractivity contribution >= 4 is 5.82 Å². The highest BCUT2D eigenvalue weighted by Gasteiger charge is 2.65. The summed E-state index contributed by atoms with van der Waals surface area (Å²) in [6, 6.07) is 2.36. The molecule has 1 aliphatic rings. The van der Waals surface area contributed by atoms with Gasteiger partial charge in [0.1, 0.15) is 5.82 Å². The molecule has 1 aromatic heterocycles. The molecule has 0 saturated heterocycles. The molecule has 2 rings (SSSR count). The summed E-state index contributed by atoms with van der Waals surface area (Å²) in [5.74, 6) is -0.0753. The van der Waals surface area contributed by atoms with Gasteiger partial charge in [-0.05, 0) is 23.0 Å². The van der Waals surface area contributed by atoms with Gasteiger partial charge in [-0.15, -0.1) is 0 Å². The van der Waals surface area contributed by atoms with Crippen LogP contribution in [0, 0.1) is 10.8 Å². The molecule has 0 amide bonds.